The average Bonchev–Trinajstić information content (AvgIpc) is 2.21. The zero-order chi connectivity index (χ0) is 11.6. The second kappa shape index (κ2) is 4.42. The molecule has 0 bridgehead atoms. The van der Waals surface area contributed by atoms with Gasteiger partial charge in [0.2, 0.25) is 0 Å². The zero-order valence-corrected chi connectivity index (χ0v) is 9.82. The zero-order valence-electron chi connectivity index (χ0n) is 9.82. The van der Waals surface area contributed by atoms with Gasteiger partial charge in [-0.2, -0.15) is 0 Å². The third-order valence-corrected chi connectivity index (χ3v) is 3.53. The first-order chi connectivity index (χ1) is 7.59. The van der Waals surface area contributed by atoms with Gasteiger partial charge in [0.25, 0.3) is 0 Å². The number of rotatable bonds is 2. The van der Waals surface area contributed by atoms with Crippen LogP contribution in [-0.2, 0) is 6.42 Å². The molecule has 3 N–H and O–H groups in total. The number of nitrogens with zero attached hydrogens (tertiary/aromatic N) is 1. The molecular weight excluding hydrogens is 200 g/mol. The van der Waals surface area contributed by atoms with Crippen LogP contribution in [-0.4, -0.2) is 15.7 Å². The first kappa shape index (κ1) is 11.4. The molecule has 0 spiro atoms. The van der Waals surface area contributed by atoms with Gasteiger partial charge in [-0.1, -0.05) is 19.8 Å². The van der Waals surface area contributed by atoms with Gasteiger partial charge in [0, 0.05) is 24.5 Å². The van der Waals surface area contributed by atoms with Crippen molar-refractivity contribution in [3.05, 3.63) is 24.0 Å². The molecule has 2 atom stereocenters. The van der Waals surface area contributed by atoms with Crippen LogP contribution >= 0.6 is 0 Å². The van der Waals surface area contributed by atoms with Gasteiger partial charge in [0.1, 0.15) is 0 Å². The summed E-state index contributed by atoms with van der Waals surface area (Å²) in [5.41, 5.74) is 7.01. The van der Waals surface area contributed by atoms with Crippen LogP contribution in [0, 0.1) is 5.92 Å². The van der Waals surface area contributed by atoms with E-state index in [1.807, 2.05) is 0 Å². The Morgan fingerprint density at radius 1 is 1.62 bits per heavy atom. The van der Waals surface area contributed by atoms with Gasteiger partial charge in [-0.05, 0) is 30.4 Å². The predicted molar refractivity (Wildman–Crippen MR) is 64.9 cm³/mol. The van der Waals surface area contributed by atoms with Crippen molar-refractivity contribution in [2.75, 3.05) is 5.73 Å². The van der Waals surface area contributed by atoms with E-state index in [4.69, 9.17) is 5.73 Å². The first-order valence-electron chi connectivity index (χ1n) is 6.00. The lowest BCUT2D eigenvalue weighted by molar-refractivity contribution is -0.0123. The molecule has 0 amide bonds. The van der Waals surface area contributed by atoms with Crippen LogP contribution in [0.3, 0.4) is 0 Å². The Balaban J connectivity index is 2.11. The highest BCUT2D eigenvalue weighted by atomic mass is 16.3. The second-order valence-corrected chi connectivity index (χ2v) is 5.18. The lowest BCUT2D eigenvalue weighted by atomic mass is 9.76. The number of aliphatic hydroxyl groups is 1. The third-order valence-electron chi connectivity index (χ3n) is 3.53. The Morgan fingerprint density at radius 2 is 2.44 bits per heavy atom. The van der Waals surface area contributed by atoms with E-state index < -0.39 is 5.60 Å². The normalized spacial score (nSPS) is 30.2. The summed E-state index contributed by atoms with van der Waals surface area (Å²) in [6.45, 7) is 2.21. The van der Waals surface area contributed by atoms with Gasteiger partial charge >= 0.3 is 0 Å². The fraction of sp³-hybridized carbons (Fsp3) is 0.615. The van der Waals surface area contributed by atoms with Gasteiger partial charge in [0.15, 0.2) is 0 Å². The van der Waals surface area contributed by atoms with Crippen molar-refractivity contribution in [2.45, 2.75) is 44.6 Å². The van der Waals surface area contributed by atoms with Crippen molar-refractivity contribution in [1.82, 2.24) is 4.98 Å². The van der Waals surface area contributed by atoms with E-state index in [0.29, 0.717) is 12.3 Å². The summed E-state index contributed by atoms with van der Waals surface area (Å²) in [5, 5.41) is 10.5. The van der Waals surface area contributed by atoms with Gasteiger partial charge < -0.3 is 10.8 Å². The molecule has 0 aromatic carbocycles. The van der Waals surface area contributed by atoms with Gasteiger partial charge in [-0.25, -0.2) is 0 Å². The van der Waals surface area contributed by atoms with Crippen molar-refractivity contribution in [3.63, 3.8) is 0 Å². The minimum atomic E-state index is -0.575. The first-order valence-corrected chi connectivity index (χ1v) is 6.00. The Labute approximate surface area is 96.7 Å². The van der Waals surface area contributed by atoms with Gasteiger partial charge in [-0.15, -0.1) is 0 Å². The molecule has 3 nitrogen and oxygen atoms in total. The minimum Gasteiger partial charge on any atom is -0.398 e. The predicted octanol–water partition coefficient (Wildman–Crippen LogP) is 2.15. The molecule has 0 saturated heterocycles. The number of nitrogen functional groups attached to an aromatic ring is 1. The summed E-state index contributed by atoms with van der Waals surface area (Å²) in [6, 6.07) is 1.80. The molecule has 0 aliphatic heterocycles. The molecule has 3 heteroatoms. The molecule has 1 heterocycles. The largest absolute Gasteiger partial charge is 0.398 e. The molecule has 88 valence electrons. The van der Waals surface area contributed by atoms with Crippen LogP contribution in [0.25, 0.3) is 0 Å². The van der Waals surface area contributed by atoms with Crippen LogP contribution < -0.4 is 5.73 Å². The molecule has 1 aliphatic carbocycles. The summed E-state index contributed by atoms with van der Waals surface area (Å²) >= 11 is 0. The quantitative estimate of drug-likeness (QED) is 0.803. The molecule has 1 aromatic rings. The van der Waals surface area contributed by atoms with Crippen LogP contribution in [0.4, 0.5) is 5.69 Å². The number of hydrogen-bond donors (Lipinski definition) is 2. The van der Waals surface area contributed by atoms with Crippen LogP contribution in [0.15, 0.2) is 18.5 Å². The van der Waals surface area contributed by atoms with Crippen molar-refractivity contribution in [2.24, 2.45) is 5.92 Å². The fourth-order valence-corrected chi connectivity index (χ4v) is 2.73. The smallest absolute Gasteiger partial charge is 0.0691 e. The Morgan fingerprint density at radius 3 is 3.12 bits per heavy atom. The average molecular weight is 220 g/mol. The maximum Gasteiger partial charge on any atom is 0.0691 e. The number of nitrogens with two attached hydrogens (primary N) is 1. The van der Waals surface area contributed by atoms with Crippen LogP contribution in [0.1, 0.15) is 38.2 Å². The lowest BCUT2D eigenvalue weighted by Gasteiger charge is -2.35. The molecule has 1 fully saturated rings. The van der Waals surface area contributed by atoms with Crippen molar-refractivity contribution in [3.8, 4) is 0 Å². The topological polar surface area (TPSA) is 59.1 Å². The van der Waals surface area contributed by atoms with E-state index >= 15 is 0 Å². The molecule has 0 radical (unpaired) electrons. The summed E-state index contributed by atoms with van der Waals surface area (Å²) in [5.74, 6) is 0.608. The second-order valence-electron chi connectivity index (χ2n) is 5.18. The van der Waals surface area contributed by atoms with E-state index in [1.165, 1.54) is 6.42 Å². The van der Waals surface area contributed by atoms with E-state index in [1.54, 1.807) is 18.5 Å². The van der Waals surface area contributed by atoms with E-state index in [0.717, 1.165) is 30.5 Å². The highest BCUT2D eigenvalue weighted by Crippen LogP contribution is 2.35. The number of pyridine rings is 1. The standard InChI is InChI=1S/C13H20N2O/c1-10-3-2-5-13(16,7-10)8-11-9-15-6-4-12(11)14/h4,6,9-10,16H,2-3,5,7-8H2,1H3,(H2,14,15). The molecule has 1 saturated carbocycles. The maximum atomic E-state index is 10.5. The van der Waals surface area contributed by atoms with E-state index in [2.05, 4.69) is 11.9 Å². The maximum absolute atomic E-state index is 10.5. The summed E-state index contributed by atoms with van der Waals surface area (Å²) in [4.78, 5) is 4.07. The SMILES string of the molecule is CC1CCCC(O)(Cc2cnccc2N)C1. The van der Waals surface area contributed by atoms with Crippen LogP contribution in [0.5, 0.6) is 0 Å². The van der Waals surface area contributed by atoms with Gasteiger partial charge in [-0.3, -0.25) is 4.98 Å². The molecule has 1 aliphatic rings. The summed E-state index contributed by atoms with van der Waals surface area (Å²) < 4.78 is 0. The van der Waals surface area contributed by atoms with Crippen molar-refractivity contribution >= 4 is 5.69 Å². The number of anilines is 1. The Kier molecular flexibility index (Phi) is 3.15. The lowest BCUT2D eigenvalue weighted by Crippen LogP contribution is -2.37. The summed E-state index contributed by atoms with van der Waals surface area (Å²) in [7, 11) is 0. The van der Waals surface area contributed by atoms with E-state index in [9.17, 15) is 5.11 Å². The number of hydrogen-bond acceptors (Lipinski definition) is 3. The Hall–Kier alpha value is -1.09. The highest BCUT2D eigenvalue weighted by molar-refractivity contribution is 5.45. The molecule has 16 heavy (non-hydrogen) atoms. The highest BCUT2D eigenvalue weighted by Gasteiger charge is 2.33. The van der Waals surface area contributed by atoms with Crippen molar-refractivity contribution in [1.29, 1.82) is 0 Å². The fourth-order valence-electron chi connectivity index (χ4n) is 2.73. The van der Waals surface area contributed by atoms with E-state index in [-0.39, 0.29) is 0 Å². The molecule has 1 aromatic heterocycles. The van der Waals surface area contributed by atoms with Crippen LogP contribution in [0.2, 0.25) is 0 Å². The minimum absolute atomic E-state index is 0.575. The number of aromatic nitrogens is 1. The Bertz CT molecular complexity index is 367. The van der Waals surface area contributed by atoms with Gasteiger partial charge in [0.05, 0.1) is 5.60 Å². The molecule has 2 unspecified atom stereocenters. The van der Waals surface area contributed by atoms with Crippen molar-refractivity contribution < 1.29 is 5.11 Å². The third kappa shape index (κ3) is 2.53. The summed E-state index contributed by atoms with van der Waals surface area (Å²) in [6.07, 6.45) is 8.19. The monoisotopic (exact) mass is 220 g/mol. The molecular formula is C13H20N2O. The molecule has 2 rings (SSSR count).